The first-order valence-corrected chi connectivity index (χ1v) is 5.46. The van der Waals surface area contributed by atoms with E-state index < -0.39 is 15.3 Å². The fraction of sp³-hybridized carbons (Fsp3) is 0.857. The minimum absolute atomic E-state index is 0.380. The zero-order chi connectivity index (χ0) is 10.5. The maximum absolute atomic E-state index is 11.4. The first-order valence-electron chi connectivity index (χ1n) is 3.96. The van der Waals surface area contributed by atoms with Crippen LogP contribution in [0.2, 0.25) is 0 Å². The van der Waals surface area contributed by atoms with Gasteiger partial charge in [-0.2, -0.15) is 5.26 Å². The van der Waals surface area contributed by atoms with Crippen LogP contribution in [0.3, 0.4) is 0 Å². The molecular formula is C7H15N3O2S. The van der Waals surface area contributed by atoms with Gasteiger partial charge in [-0.15, -0.1) is 0 Å². The Morgan fingerprint density at radius 2 is 2.15 bits per heavy atom. The van der Waals surface area contributed by atoms with Crippen molar-refractivity contribution in [3.05, 3.63) is 0 Å². The van der Waals surface area contributed by atoms with E-state index in [2.05, 4.69) is 5.32 Å². The number of nitrogens with zero attached hydrogens (tertiary/aromatic N) is 2. The van der Waals surface area contributed by atoms with Gasteiger partial charge < -0.3 is 5.32 Å². The Labute approximate surface area is 79.4 Å². The van der Waals surface area contributed by atoms with Crippen LogP contribution in [0.15, 0.2) is 0 Å². The van der Waals surface area contributed by atoms with E-state index in [9.17, 15) is 8.42 Å². The molecule has 0 heterocycles. The van der Waals surface area contributed by atoms with Crippen molar-refractivity contribution >= 4 is 10.0 Å². The highest BCUT2D eigenvalue weighted by Gasteiger charge is 2.24. The highest BCUT2D eigenvalue weighted by Crippen LogP contribution is 2.04. The molecule has 13 heavy (non-hydrogen) atoms. The van der Waals surface area contributed by atoms with Gasteiger partial charge in [0.25, 0.3) is 0 Å². The van der Waals surface area contributed by atoms with Gasteiger partial charge in [-0.05, 0) is 14.0 Å². The second-order valence-corrected chi connectivity index (χ2v) is 5.10. The van der Waals surface area contributed by atoms with Gasteiger partial charge in [-0.3, -0.25) is 0 Å². The summed E-state index contributed by atoms with van der Waals surface area (Å²) in [7, 11) is -0.212. The third-order valence-corrected chi connectivity index (χ3v) is 3.79. The lowest BCUT2D eigenvalue weighted by atomic mass is 10.5. The van der Waals surface area contributed by atoms with Crippen molar-refractivity contribution in [2.24, 2.45) is 0 Å². The molecule has 0 spiro atoms. The van der Waals surface area contributed by atoms with Crippen LogP contribution in [-0.4, -0.2) is 45.2 Å². The van der Waals surface area contributed by atoms with Gasteiger partial charge in [0.1, 0.15) is 0 Å². The molecule has 6 heteroatoms. The number of likely N-dealkylation sites (N-methyl/N-ethyl adjacent to an activating group) is 2. The van der Waals surface area contributed by atoms with Crippen LogP contribution >= 0.6 is 0 Å². The fourth-order valence-electron chi connectivity index (χ4n) is 0.733. The fourth-order valence-corrected chi connectivity index (χ4v) is 1.75. The third-order valence-electron chi connectivity index (χ3n) is 1.74. The van der Waals surface area contributed by atoms with E-state index in [0.29, 0.717) is 13.1 Å². The summed E-state index contributed by atoms with van der Waals surface area (Å²) in [5, 5.41) is 10.3. The lowest BCUT2D eigenvalue weighted by molar-refractivity contribution is 0.463. The van der Waals surface area contributed by atoms with E-state index in [4.69, 9.17) is 5.26 Å². The van der Waals surface area contributed by atoms with Gasteiger partial charge in [-0.1, -0.05) is 0 Å². The molecule has 0 aliphatic carbocycles. The van der Waals surface area contributed by atoms with Crippen molar-refractivity contribution in [2.45, 2.75) is 12.2 Å². The van der Waals surface area contributed by atoms with Gasteiger partial charge in [-0.25, -0.2) is 12.7 Å². The summed E-state index contributed by atoms with van der Waals surface area (Å²) in [5.41, 5.74) is 0. The first-order chi connectivity index (χ1) is 5.96. The Morgan fingerprint density at radius 3 is 2.54 bits per heavy atom. The number of nitrogens with one attached hydrogen (secondary N) is 1. The van der Waals surface area contributed by atoms with Crippen molar-refractivity contribution in [3.63, 3.8) is 0 Å². The molecule has 5 nitrogen and oxygen atoms in total. The summed E-state index contributed by atoms with van der Waals surface area (Å²) in [6.07, 6.45) is 0. The third kappa shape index (κ3) is 3.30. The van der Waals surface area contributed by atoms with Gasteiger partial charge in [0, 0.05) is 20.1 Å². The SMILES string of the molecule is CNCCN(C)S(=O)(=O)C(C)C#N. The van der Waals surface area contributed by atoms with E-state index in [1.54, 1.807) is 13.1 Å². The van der Waals surface area contributed by atoms with Crippen LogP contribution in [-0.2, 0) is 10.0 Å². The highest BCUT2D eigenvalue weighted by molar-refractivity contribution is 7.89. The van der Waals surface area contributed by atoms with Crippen molar-refractivity contribution in [1.29, 1.82) is 5.26 Å². The number of hydrogen-bond donors (Lipinski definition) is 1. The first kappa shape index (κ1) is 12.4. The average Bonchev–Trinajstić information content (AvgIpc) is 2.12. The Hall–Kier alpha value is -0.640. The largest absolute Gasteiger partial charge is 0.318 e. The summed E-state index contributed by atoms with van der Waals surface area (Å²) in [5.74, 6) is 0. The molecular weight excluding hydrogens is 190 g/mol. The molecule has 0 aliphatic rings. The van der Waals surface area contributed by atoms with Gasteiger partial charge in [0.2, 0.25) is 10.0 Å². The summed E-state index contributed by atoms with van der Waals surface area (Å²) in [4.78, 5) is 0. The summed E-state index contributed by atoms with van der Waals surface area (Å²) < 4.78 is 24.1. The van der Waals surface area contributed by atoms with E-state index in [0.717, 1.165) is 0 Å². The van der Waals surface area contributed by atoms with Crippen LogP contribution in [0.5, 0.6) is 0 Å². The maximum atomic E-state index is 11.4. The second kappa shape index (κ2) is 5.17. The van der Waals surface area contributed by atoms with E-state index in [1.165, 1.54) is 18.3 Å². The average molecular weight is 205 g/mol. The van der Waals surface area contributed by atoms with Gasteiger partial charge in [0.05, 0.1) is 6.07 Å². The van der Waals surface area contributed by atoms with Gasteiger partial charge >= 0.3 is 0 Å². The molecule has 1 unspecified atom stereocenters. The van der Waals surface area contributed by atoms with Crippen molar-refractivity contribution in [1.82, 2.24) is 9.62 Å². The molecule has 0 aliphatic heterocycles. The van der Waals surface area contributed by atoms with Crippen LogP contribution in [0, 0.1) is 11.3 Å². The lowest BCUT2D eigenvalue weighted by Crippen LogP contribution is -2.37. The number of sulfonamides is 1. The quantitative estimate of drug-likeness (QED) is 0.649. The highest BCUT2D eigenvalue weighted by atomic mass is 32.2. The number of rotatable bonds is 5. The Morgan fingerprint density at radius 1 is 1.62 bits per heavy atom. The summed E-state index contributed by atoms with van der Waals surface area (Å²) in [6, 6.07) is 1.71. The number of hydrogen-bond acceptors (Lipinski definition) is 4. The van der Waals surface area contributed by atoms with Crippen LogP contribution in [0.25, 0.3) is 0 Å². The molecule has 0 saturated heterocycles. The molecule has 0 radical (unpaired) electrons. The molecule has 1 N–H and O–H groups in total. The lowest BCUT2D eigenvalue weighted by Gasteiger charge is -2.17. The van der Waals surface area contributed by atoms with E-state index in [1.807, 2.05) is 0 Å². The smallest absolute Gasteiger partial charge is 0.229 e. The molecule has 1 atom stereocenters. The maximum Gasteiger partial charge on any atom is 0.229 e. The van der Waals surface area contributed by atoms with Crippen molar-refractivity contribution < 1.29 is 8.42 Å². The monoisotopic (exact) mass is 205 g/mol. The Kier molecular flexibility index (Phi) is 4.91. The molecule has 76 valence electrons. The van der Waals surface area contributed by atoms with E-state index >= 15 is 0 Å². The topological polar surface area (TPSA) is 73.2 Å². The van der Waals surface area contributed by atoms with Crippen LogP contribution < -0.4 is 5.32 Å². The van der Waals surface area contributed by atoms with Crippen LogP contribution in [0.1, 0.15) is 6.92 Å². The predicted molar refractivity (Wildman–Crippen MR) is 50.6 cm³/mol. The molecule has 0 aromatic heterocycles. The normalized spacial score (nSPS) is 14.1. The molecule has 0 fully saturated rings. The van der Waals surface area contributed by atoms with Crippen LogP contribution in [0.4, 0.5) is 0 Å². The second-order valence-electron chi connectivity index (χ2n) is 2.74. The zero-order valence-corrected chi connectivity index (χ0v) is 8.93. The minimum Gasteiger partial charge on any atom is -0.318 e. The zero-order valence-electron chi connectivity index (χ0n) is 8.11. The molecule has 0 aromatic rings. The minimum atomic E-state index is -3.43. The summed E-state index contributed by atoms with van der Waals surface area (Å²) >= 11 is 0. The van der Waals surface area contributed by atoms with Crippen molar-refractivity contribution in [2.75, 3.05) is 27.2 Å². The molecule has 0 bridgehead atoms. The molecule has 0 amide bonds. The van der Waals surface area contributed by atoms with Crippen molar-refractivity contribution in [3.8, 4) is 6.07 Å². The van der Waals surface area contributed by atoms with E-state index in [-0.39, 0.29) is 0 Å². The molecule has 0 rings (SSSR count). The standard InChI is InChI=1S/C7H15N3O2S/c1-7(6-8)13(11,12)10(3)5-4-9-2/h7,9H,4-5H2,1-3H3. The van der Waals surface area contributed by atoms with Gasteiger partial charge in [0.15, 0.2) is 5.25 Å². The molecule has 0 aromatic carbocycles. The Bertz CT molecular complexity index is 281. The Balaban J connectivity index is 4.39. The predicted octanol–water partition coefficient (Wildman–Crippen LogP) is -0.621. The number of nitriles is 1. The summed E-state index contributed by atoms with van der Waals surface area (Å²) in [6.45, 7) is 2.34. The molecule has 0 saturated carbocycles.